The third kappa shape index (κ3) is 1.98. The maximum absolute atomic E-state index is 5.63. The number of hydrogen-bond acceptors (Lipinski definition) is 3. The molecule has 0 radical (unpaired) electrons. The maximum atomic E-state index is 5.63. The van der Waals surface area contributed by atoms with E-state index in [1.807, 2.05) is 0 Å². The van der Waals surface area contributed by atoms with Crippen molar-refractivity contribution in [1.29, 1.82) is 0 Å². The van der Waals surface area contributed by atoms with Crippen molar-refractivity contribution in [3.8, 4) is 22.6 Å². The quantitative estimate of drug-likeness (QED) is 0.464. The molecule has 0 amide bonds. The monoisotopic (exact) mass is 332 g/mol. The van der Waals surface area contributed by atoms with Crippen LogP contribution in [0.1, 0.15) is 22.6 Å². The first kappa shape index (κ1) is 14.0. The molecule has 1 heterocycles. The van der Waals surface area contributed by atoms with Gasteiger partial charge in [-0.1, -0.05) is 36.4 Å². The Morgan fingerprint density at radius 3 is 2.38 bits per heavy atom. The second-order valence-corrected chi connectivity index (χ2v) is 6.97. The summed E-state index contributed by atoms with van der Waals surface area (Å²) in [5.41, 5.74) is 6.55. The molecule has 2 aliphatic rings. The smallest absolute Gasteiger partial charge is 0.231 e. The van der Waals surface area contributed by atoms with E-state index in [1.165, 1.54) is 32.7 Å². The van der Waals surface area contributed by atoms with Crippen LogP contribution in [-0.2, 0) is 0 Å². The van der Waals surface area contributed by atoms with E-state index in [9.17, 15) is 0 Å². The largest absolute Gasteiger partial charge is 0.454 e. The summed E-state index contributed by atoms with van der Waals surface area (Å²) in [4.78, 5) is 1.29. The molecule has 5 rings (SSSR count). The molecule has 3 aromatic rings. The van der Waals surface area contributed by atoms with Crippen LogP contribution in [0.3, 0.4) is 0 Å². The van der Waals surface area contributed by atoms with Crippen molar-refractivity contribution in [2.24, 2.45) is 0 Å². The molecule has 1 atom stereocenters. The minimum atomic E-state index is 0.248. The van der Waals surface area contributed by atoms with Crippen LogP contribution in [-0.4, -0.2) is 13.0 Å². The van der Waals surface area contributed by atoms with Gasteiger partial charge in [0.1, 0.15) is 0 Å². The van der Waals surface area contributed by atoms with Gasteiger partial charge in [-0.2, -0.15) is 0 Å². The Kier molecular flexibility index (Phi) is 3.10. The molecular formula is C21H16O2S. The lowest BCUT2D eigenvalue weighted by Gasteiger charge is -2.15. The van der Waals surface area contributed by atoms with Gasteiger partial charge >= 0.3 is 0 Å². The van der Waals surface area contributed by atoms with Gasteiger partial charge in [0.05, 0.1) is 0 Å². The Morgan fingerprint density at radius 2 is 1.58 bits per heavy atom. The van der Waals surface area contributed by atoms with Gasteiger partial charge in [0.25, 0.3) is 0 Å². The third-order valence-corrected chi connectivity index (χ3v) is 5.57. The summed E-state index contributed by atoms with van der Waals surface area (Å²) < 4.78 is 11.2. The molecule has 0 bridgehead atoms. The minimum Gasteiger partial charge on any atom is -0.454 e. The molecule has 24 heavy (non-hydrogen) atoms. The molecule has 0 fully saturated rings. The van der Waals surface area contributed by atoms with E-state index < -0.39 is 0 Å². The maximum Gasteiger partial charge on any atom is 0.231 e. The van der Waals surface area contributed by atoms with Crippen LogP contribution in [0.5, 0.6) is 11.5 Å². The molecule has 1 aliphatic heterocycles. The van der Waals surface area contributed by atoms with E-state index in [-0.39, 0.29) is 5.92 Å². The summed E-state index contributed by atoms with van der Waals surface area (Å²) in [5.74, 6) is 1.95. The molecule has 118 valence electrons. The van der Waals surface area contributed by atoms with E-state index in [0.717, 1.165) is 11.5 Å². The molecule has 0 saturated carbocycles. The zero-order valence-corrected chi connectivity index (χ0v) is 14.1. The Hall–Kier alpha value is -2.39. The molecule has 3 heteroatoms. The zero-order chi connectivity index (χ0) is 16.1. The predicted molar refractivity (Wildman–Crippen MR) is 97.2 cm³/mol. The Labute approximate surface area is 145 Å². The van der Waals surface area contributed by atoms with E-state index >= 15 is 0 Å². The van der Waals surface area contributed by atoms with Crippen molar-refractivity contribution in [3.63, 3.8) is 0 Å². The summed E-state index contributed by atoms with van der Waals surface area (Å²) in [7, 11) is 0. The summed E-state index contributed by atoms with van der Waals surface area (Å²) in [6, 6.07) is 21.8. The van der Waals surface area contributed by atoms with Gasteiger partial charge in [0, 0.05) is 10.8 Å². The van der Waals surface area contributed by atoms with E-state index in [2.05, 4.69) is 66.9 Å². The van der Waals surface area contributed by atoms with Crippen LogP contribution < -0.4 is 9.47 Å². The van der Waals surface area contributed by atoms with Crippen LogP contribution in [0.25, 0.3) is 11.1 Å². The number of rotatable bonds is 2. The van der Waals surface area contributed by atoms with Crippen molar-refractivity contribution >= 4 is 11.8 Å². The van der Waals surface area contributed by atoms with Crippen molar-refractivity contribution < 1.29 is 9.47 Å². The second-order valence-electron chi connectivity index (χ2n) is 6.09. The average Bonchev–Trinajstić information content (AvgIpc) is 3.21. The van der Waals surface area contributed by atoms with Crippen molar-refractivity contribution in [3.05, 3.63) is 77.4 Å². The van der Waals surface area contributed by atoms with Gasteiger partial charge in [0.2, 0.25) is 6.79 Å². The fraction of sp³-hybridized carbons (Fsp3) is 0.143. The number of thioether (sulfide) groups is 1. The highest BCUT2D eigenvalue weighted by molar-refractivity contribution is 7.98. The lowest BCUT2D eigenvalue weighted by molar-refractivity contribution is 0.174. The van der Waals surface area contributed by atoms with E-state index in [1.54, 1.807) is 11.8 Å². The van der Waals surface area contributed by atoms with Crippen LogP contribution in [0.4, 0.5) is 0 Å². The predicted octanol–water partition coefficient (Wildman–Crippen LogP) is 5.30. The van der Waals surface area contributed by atoms with Gasteiger partial charge in [-0.25, -0.2) is 0 Å². The highest BCUT2D eigenvalue weighted by atomic mass is 32.2. The van der Waals surface area contributed by atoms with Crippen LogP contribution >= 0.6 is 11.8 Å². The fourth-order valence-electron chi connectivity index (χ4n) is 3.75. The first-order valence-corrected chi connectivity index (χ1v) is 9.24. The number of fused-ring (bicyclic) bond motifs is 4. The molecule has 1 unspecified atom stereocenters. The standard InChI is InChI=1S/C21H16O2S/c1-24-14-7-8-15-16-10-19-20(23-12-22-19)11-18(16)21(17(15)9-14)13-5-3-2-4-6-13/h2-11,21H,12H2,1H3. The number of hydrogen-bond donors (Lipinski definition) is 0. The zero-order valence-electron chi connectivity index (χ0n) is 13.3. The molecule has 0 N–H and O–H groups in total. The number of ether oxygens (including phenoxy) is 2. The molecular weight excluding hydrogens is 316 g/mol. The lowest BCUT2D eigenvalue weighted by Crippen LogP contribution is -1.99. The molecule has 2 nitrogen and oxygen atoms in total. The van der Waals surface area contributed by atoms with Gasteiger partial charge in [-0.3, -0.25) is 0 Å². The summed E-state index contributed by atoms with van der Waals surface area (Å²) in [6.07, 6.45) is 2.12. The molecule has 0 saturated heterocycles. The van der Waals surface area contributed by atoms with E-state index in [0.29, 0.717) is 6.79 Å². The fourth-order valence-corrected chi connectivity index (χ4v) is 4.20. The topological polar surface area (TPSA) is 18.5 Å². The molecule has 3 aromatic carbocycles. The van der Waals surface area contributed by atoms with Crippen molar-refractivity contribution in [2.75, 3.05) is 13.0 Å². The Morgan fingerprint density at radius 1 is 0.833 bits per heavy atom. The third-order valence-electron chi connectivity index (χ3n) is 4.85. The first-order valence-electron chi connectivity index (χ1n) is 8.02. The van der Waals surface area contributed by atoms with Crippen molar-refractivity contribution in [1.82, 2.24) is 0 Å². The van der Waals surface area contributed by atoms with Crippen LogP contribution in [0.15, 0.2) is 65.6 Å². The summed E-state index contributed by atoms with van der Waals surface area (Å²) in [6.45, 7) is 0.312. The van der Waals surface area contributed by atoms with E-state index in [4.69, 9.17) is 9.47 Å². The summed E-state index contributed by atoms with van der Waals surface area (Å²) in [5, 5.41) is 0. The SMILES string of the molecule is CSc1ccc2c(c1)C(c1ccccc1)c1cc3c(cc1-2)OCO3. The summed E-state index contributed by atoms with van der Waals surface area (Å²) >= 11 is 1.78. The Bertz CT molecular complexity index is 934. The van der Waals surface area contributed by atoms with Gasteiger partial charge in [-0.15, -0.1) is 11.8 Å². The number of benzene rings is 3. The van der Waals surface area contributed by atoms with Gasteiger partial charge < -0.3 is 9.47 Å². The molecule has 0 aromatic heterocycles. The normalized spacial score (nSPS) is 16.8. The van der Waals surface area contributed by atoms with Crippen LogP contribution in [0, 0.1) is 0 Å². The van der Waals surface area contributed by atoms with Crippen LogP contribution in [0.2, 0.25) is 0 Å². The first-order chi connectivity index (χ1) is 11.8. The second kappa shape index (κ2) is 5.32. The molecule has 0 spiro atoms. The minimum absolute atomic E-state index is 0.248. The van der Waals surface area contributed by atoms with Gasteiger partial charge in [-0.05, 0) is 58.3 Å². The van der Waals surface area contributed by atoms with Gasteiger partial charge in [0.15, 0.2) is 11.5 Å². The Balaban J connectivity index is 1.78. The molecule has 1 aliphatic carbocycles. The van der Waals surface area contributed by atoms with Crippen molar-refractivity contribution in [2.45, 2.75) is 10.8 Å². The highest BCUT2D eigenvalue weighted by Crippen LogP contribution is 2.52. The highest BCUT2D eigenvalue weighted by Gasteiger charge is 2.32. The lowest BCUT2D eigenvalue weighted by atomic mass is 9.89. The average molecular weight is 332 g/mol.